The van der Waals surface area contributed by atoms with E-state index in [1.54, 1.807) is 13.8 Å². The Kier molecular flexibility index (Phi) is 4.57. The number of anilines is 1. The number of esters is 2. The average Bonchev–Trinajstić information content (AvgIpc) is 2.97. The summed E-state index contributed by atoms with van der Waals surface area (Å²) in [5, 5.41) is 4.44. The number of carbonyl (C=O) groups excluding carboxylic acids is 2. The minimum absolute atomic E-state index is 0.0575. The maximum absolute atomic E-state index is 12.3. The normalized spacial score (nSPS) is 10.7. The lowest BCUT2D eigenvalue weighted by Crippen LogP contribution is -2.14. The van der Waals surface area contributed by atoms with Crippen molar-refractivity contribution in [2.45, 2.75) is 20.5 Å². The number of hydrogen-bond donors (Lipinski definition) is 1. The zero-order chi connectivity index (χ0) is 18.8. The van der Waals surface area contributed by atoms with Gasteiger partial charge in [-0.25, -0.2) is 14.6 Å². The van der Waals surface area contributed by atoms with E-state index in [9.17, 15) is 9.59 Å². The highest BCUT2D eigenvalue weighted by molar-refractivity contribution is 5.98. The van der Waals surface area contributed by atoms with Crippen LogP contribution in [0.15, 0.2) is 28.8 Å². The predicted octanol–water partition coefficient (Wildman–Crippen LogP) is 2.57. The van der Waals surface area contributed by atoms with E-state index in [-0.39, 0.29) is 23.6 Å². The fourth-order valence-corrected chi connectivity index (χ4v) is 2.76. The van der Waals surface area contributed by atoms with Crippen molar-refractivity contribution in [2.24, 2.45) is 0 Å². The van der Waals surface area contributed by atoms with Crippen LogP contribution >= 0.6 is 0 Å². The van der Waals surface area contributed by atoms with Crippen LogP contribution in [0.3, 0.4) is 0 Å². The van der Waals surface area contributed by atoms with Gasteiger partial charge in [0, 0.05) is 5.39 Å². The quantitative estimate of drug-likeness (QED) is 0.710. The molecule has 0 aliphatic carbocycles. The summed E-state index contributed by atoms with van der Waals surface area (Å²) in [6, 6.07) is 7.37. The molecular weight excluding hydrogens is 338 g/mol. The highest BCUT2D eigenvalue weighted by Gasteiger charge is 2.23. The summed E-state index contributed by atoms with van der Waals surface area (Å²) >= 11 is 0. The van der Waals surface area contributed by atoms with Crippen molar-refractivity contribution in [1.82, 2.24) is 10.1 Å². The Morgan fingerprint density at radius 1 is 1.15 bits per heavy atom. The van der Waals surface area contributed by atoms with E-state index >= 15 is 0 Å². The van der Waals surface area contributed by atoms with Gasteiger partial charge in [-0.05, 0) is 25.5 Å². The van der Waals surface area contributed by atoms with Crippen molar-refractivity contribution >= 4 is 28.7 Å². The highest BCUT2D eigenvalue weighted by atomic mass is 16.5. The van der Waals surface area contributed by atoms with Gasteiger partial charge >= 0.3 is 11.9 Å². The number of fused-ring (bicyclic) bond motifs is 1. The molecule has 2 N–H and O–H groups in total. The van der Waals surface area contributed by atoms with Crippen LogP contribution in [0, 0.1) is 13.8 Å². The third kappa shape index (κ3) is 2.97. The first-order chi connectivity index (χ1) is 12.4. The molecule has 0 aliphatic heterocycles. The number of para-hydroxylation sites is 1. The van der Waals surface area contributed by atoms with Crippen LogP contribution < -0.4 is 5.73 Å². The molecular formula is C18H17N3O5. The van der Waals surface area contributed by atoms with E-state index in [0.717, 1.165) is 5.39 Å². The van der Waals surface area contributed by atoms with Crippen molar-refractivity contribution in [2.75, 3.05) is 12.8 Å². The first kappa shape index (κ1) is 17.4. The monoisotopic (exact) mass is 355 g/mol. The summed E-state index contributed by atoms with van der Waals surface area (Å²) in [4.78, 5) is 29.0. The van der Waals surface area contributed by atoms with Crippen molar-refractivity contribution in [3.8, 4) is 0 Å². The Hall–Kier alpha value is -3.42. The van der Waals surface area contributed by atoms with Gasteiger partial charge in [0.15, 0.2) is 0 Å². The summed E-state index contributed by atoms with van der Waals surface area (Å²) in [6.45, 7) is 3.15. The number of ether oxygens (including phenoxy) is 2. The van der Waals surface area contributed by atoms with Gasteiger partial charge in [-0.1, -0.05) is 23.4 Å². The molecule has 2 heterocycles. The maximum Gasteiger partial charge on any atom is 0.346 e. The van der Waals surface area contributed by atoms with Crippen LogP contribution in [0.4, 0.5) is 5.88 Å². The SMILES string of the molecule is COC(=O)c1c(COC(=O)c2c(C)noc2N)nc2ccccc2c1C. The fraction of sp³-hybridized carbons (Fsp3) is 0.222. The maximum atomic E-state index is 12.3. The molecule has 0 unspecified atom stereocenters. The van der Waals surface area contributed by atoms with Crippen LogP contribution in [-0.2, 0) is 16.1 Å². The number of hydrogen-bond acceptors (Lipinski definition) is 8. The number of methoxy groups -OCH3 is 1. The Morgan fingerprint density at radius 2 is 1.88 bits per heavy atom. The molecule has 8 nitrogen and oxygen atoms in total. The fourth-order valence-electron chi connectivity index (χ4n) is 2.76. The standard InChI is InChI=1S/C18H17N3O5/c1-9-11-6-4-5-7-12(11)20-13(14(9)17(22)24-3)8-25-18(23)15-10(2)21-26-16(15)19/h4-7H,8,19H2,1-3H3. The Morgan fingerprint density at radius 3 is 2.54 bits per heavy atom. The Balaban J connectivity index is 1.98. The van der Waals surface area contributed by atoms with Gasteiger partial charge in [0.2, 0.25) is 5.88 Å². The second kappa shape index (κ2) is 6.83. The van der Waals surface area contributed by atoms with Crippen molar-refractivity contribution in [3.63, 3.8) is 0 Å². The highest BCUT2D eigenvalue weighted by Crippen LogP contribution is 2.25. The second-order valence-corrected chi connectivity index (χ2v) is 5.65. The summed E-state index contributed by atoms with van der Waals surface area (Å²) in [7, 11) is 1.29. The van der Waals surface area contributed by atoms with E-state index in [0.29, 0.717) is 22.5 Å². The van der Waals surface area contributed by atoms with Gasteiger partial charge in [0.25, 0.3) is 0 Å². The van der Waals surface area contributed by atoms with Gasteiger partial charge in [-0.3, -0.25) is 0 Å². The molecule has 2 aromatic heterocycles. The van der Waals surface area contributed by atoms with E-state index < -0.39 is 11.9 Å². The number of nitrogen functional groups attached to an aromatic ring is 1. The minimum atomic E-state index is -0.704. The van der Waals surface area contributed by atoms with Gasteiger partial charge < -0.3 is 19.7 Å². The van der Waals surface area contributed by atoms with Gasteiger partial charge in [-0.2, -0.15) is 0 Å². The van der Waals surface area contributed by atoms with Crippen LogP contribution in [-0.4, -0.2) is 29.2 Å². The molecule has 0 saturated heterocycles. The van der Waals surface area contributed by atoms with E-state index in [2.05, 4.69) is 10.1 Å². The molecule has 134 valence electrons. The van der Waals surface area contributed by atoms with Crippen molar-refractivity contribution in [3.05, 3.63) is 52.3 Å². The van der Waals surface area contributed by atoms with E-state index in [1.165, 1.54) is 7.11 Å². The lowest BCUT2D eigenvalue weighted by molar-refractivity contribution is 0.0455. The van der Waals surface area contributed by atoms with E-state index in [4.69, 9.17) is 19.7 Å². The number of rotatable bonds is 4. The smallest absolute Gasteiger partial charge is 0.346 e. The first-order valence-corrected chi connectivity index (χ1v) is 7.79. The van der Waals surface area contributed by atoms with Crippen LogP contribution in [0.1, 0.15) is 37.7 Å². The molecule has 3 rings (SSSR count). The predicted molar refractivity (Wildman–Crippen MR) is 92.6 cm³/mol. The molecule has 0 aliphatic rings. The lowest BCUT2D eigenvalue weighted by atomic mass is 10.0. The summed E-state index contributed by atoms with van der Waals surface area (Å²) < 4.78 is 14.9. The Labute approximate surface area is 148 Å². The largest absolute Gasteiger partial charge is 0.465 e. The minimum Gasteiger partial charge on any atom is -0.465 e. The summed E-state index contributed by atoms with van der Waals surface area (Å²) in [5.74, 6) is -1.37. The zero-order valence-corrected chi connectivity index (χ0v) is 14.5. The molecule has 0 fully saturated rings. The number of aromatic nitrogens is 2. The molecule has 0 bridgehead atoms. The number of nitrogens with zero attached hydrogens (tertiary/aromatic N) is 2. The third-order valence-corrected chi connectivity index (χ3v) is 4.05. The lowest BCUT2D eigenvalue weighted by Gasteiger charge is -2.13. The second-order valence-electron chi connectivity index (χ2n) is 5.65. The third-order valence-electron chi connectivity index (χ3n) is 4.05. The number of pyridine rings is 1. The molecule has 3 aromatic rings. The zero-order valence-electron chi connectivity index (χ0n) is 14.5. The van der Waals surface area contributed by atoms with Crippen LogP contribution in [0.2, 0.25) is 0 Å². The molecule has 26 heavy (non-hydrogen) atoms. The summed E-state index contributed by atoms with van der Waals surface area (Å²) in [5.41, 5.74) is 7.93. The molecule has 1 aromatic carbocycles. The molecule has 0 amide bonds. The molecule has 0 saturated carbocycles. The van der Waals surface area contributed by atoms with Crippen LogP contribution in [0.25, 0.3) is 10.9 Å². The van der Waals surface area contributed by atoms with Crippen molar-refractivity contribution in [1.29, 1.82) is 0 Å². The number of carbonyl (C=O) groups is 2. The number of nitrogens with two attached hydrogens (primary N) is 1. The average molecular weight is 355 g/mol. The topological polar surface area (TPSA) is 118 Å². The van der Waals surface area contributed by atoms with Crippen molar-refractivity contribution < 1.29 is 23.6 Å². The first-order valence-electron chi connectivity index (χ1n) is 7.79. The number of benzene rings is 1. The Bertz CT molecular complexity index is 990. The molecule has 0 spiro atoms. The van der Waals surface area contributed by atoms with Crippen LogP contribution in [0.5, 0.6) is 0 Å². The molecule has 0 radical (unpaired) electrons. The summed E-state index contributed by atoms with van der Waals surface area (Å²) in [6.07, 6.45) is 0. The van der Waals surface area contributed by atoms with Gasteiger partial charge in [0.05, 0.1) is 29.6 Å². The number of aryl methyl sites for hydroxylation is 2. The van der Waals surface area contributed by atoms with E-state index in [1.807, 2.05) is 24.3 Å². The molecule has 8 heteroatoms. The van der Waals surface area contributed by atoms with Gasteiger partial charge in [0.1, 0.15) is 12.2 Å². The molecule has 0 atom stereocenters. The van der Waals surface area contributed by atoms with Gasteiger partial charge in [-0.15, -0.1) is 0 Å².